The van der Waals surface area contributed by atoms with Gasteiger partial charge in [-0.2, -0.15) is 0 Å². The highest BCUT2D eigenvalue weighted by Crippen LogP contribution is 2.31. The van der Waals surface area contributed by atoms with Crippen molar-refractivity contribution < 1.29 is 4.74 Å². The van der Waals surface area contributed by atoms with Crippen LogP contribution in [0.1, 0.15) is 18.5 Å². The van der Waals surface area contributed by atoms with E-state index in [-0.39, 0.29) is 0 Å². The van der Waals surface area contributed by atoms with Gasteiger partial charge in [0.2, 0.25) is 0 Å². The van der Waals surface area contributed by atoms with Crippen LogP contribution in [0.25, 0.3) is 28.1 Å². The standard InChI is InChI=1S/C19H16BrN5O/c1-11-18-23-24-19(25(18)17-7-14(20)4-5-16(17)22-11)13-6-15(9-21-8-13)26-10-12-2-3-12/h4-9,12H,2-3,10H2,1H3. The van der Waals surface area contributed by atoms with Crippen LogP contribution in [-0.4, -0.2) is 31.2 Å². The summed E-state index contributed by atoms with van der Waals surface area (Å²) in [6, 6.07) is 7.98. The molecule has 4 aromatic rings. The zero-order chi connectivity index (χ0) is 17.7. The first-order chi connectivity index (χ1) is 12.7. The summed E-state index contributed by atoms with van der Waals surface area (Å²) in [5.41, 5.74) is 4.30. The third-order valence-electron chi connectivity index (χ3n) is 4.61. The van der Waals surface area contributed by atoms with Gasteiger partial charge in [-0.3, -0.25) is 9.38 Å². The highest BCUT2D eigenvalue weighted by Gasteiger charge is 2.22. The van der Waals surface area contributed by atoms with Gasteiger partial charge in [0.25, 0.3) is 0 Å². The van der Waals surface area contributed by atoms with Crippen LogP contribution < -0.4 is 4.74 Å². The van der Waals surface area contributed by atoms with E-state index in [2.05, 4.69) is 36.1 Å². The fraction of sp³-hybridized carbons (Fsp3) is 0.263. The first kappa shape index (κ1) is 15.7. The number of halogens is 1. The molecule has 0 unspecified atom stereocenters. The van der Waals surface area contributed by atoms with E-state index in [9.17, 15) is 0 Å². The molecule has 0 radical (unpaired) electrons. The molecule has 1 aromatic carbocycles. The molecular formula is C19H16BrN5O. The largest absolute Gasteiger partial charge is 0.492 e. The molecule has 0 saturated heterocycles. The van der Waals surface area contributed by atoms with Crippen molar-refractivity contribution in [2.75, 3.05) is 6.61 Å². The van der Waals surface area contributed by atoms with Gasteiger partial charge in [0, 0.05) is 16.2 Å². The summed E-state index contributed by atoms with van der Waals surface area (Å²) >= 11 is 3.54. The van der Waals surface area contributed by atoms with Gasteiger partial charge < -0.3 is 4.74 Å². The lowest BCUT2D eigenvalue weighted by molar-refractivity contribution is 0.299. The van der Waals surface area contributed by atoms with Crippen molar-refractivity contribution in [1.29, 1.82) is 0 Å². The minimum atomic E-state index is 0.697. The number of pyridine rings is 1. The van der Waals surface area contributed by atoms with Crippen molar-refractivity contribution in [1.82, 2.24) is 24.6 Å². The fourth-order valence-corrected chi connectivity index (χ4v) is 3.40. The van der Waals surface area contributed by atoms with Crippen molar-refractivity contribution >= 4 is 32.6 Å². The van der Waals surface area contributed by atoms with Gasteiger partial charge in [0.1, 0.15) is 5.75 Å². The van der Waals surface area contributed by atoms with E-state index in [0.717, 1.165) is 50.6 Å². The number of rotatable bonds is 4. The number of nitrogens with zero attached hydrogens (tertiary/aromatic N) is 5. The van der Waals surface area contributed by atoms with Gasteiger partial charge in [-0.25, -0.2) is 4.98 Å². The molecule has 3 heterocycles. The molecule has 1 aliphatic carbocycles. The number of hydrogen-bond donors (Lipinski definition) is 0. The van der Waals surface area contributed by atoms with Gasteiger partial charge in [0.05, 0.1) is 29.5 Å². The number of aryl methyl sites for hydroxylation is 1. The van der Waals surface area contributed by atoms with Crippen LogP contribution in [0.3, 0.4) is 0 Å². The topological polar surface area (TPSA) is 65.2 Å². The van der Waals surface area contributed by atoms with E-state index < -0.39 is 0 Å². The molecule has 130 valence electrons. The third kappa shape index (κ3) is 2.72. The number of benzene rings is 1. The van der Waals surface area contributed by atoms with Crippen LogP contribution in [0.2, 0.25) is 0 Å². The minimum absolute atomic E-state index is 0.697. The van der Waals surface area contributed by atoms with Crippen molar-refractivity contribution in [2.24, 2.45) is 5.92 Å². The Labute approximate surface area is 158 Å². The maximum absolute atomic E-state index is 5.87. The molecule has 0 amide bonds. The predicted octanol–water partition coefficient (Wildman–Crippen LogP) is 4.20. The quantitative estimate of drug-likeness (QED) is 0.505. The van der Waals surface area contributed by atoms with E-state index in [0.29, 0.717) is 5.92 Å². The Hall–Kier alpha value is -2.54. The molecule has 3 aromatic heterocycles. The molecule has 0 N–H and O–H groups in total. The normalized spacial score (nSPS) is 14.2. The second-order valence-electron chi connectivity index (χ2n) is 6.68. The SMILES string of the molecule is Cc1nc2ccc(Br)cc2n2c(-c3cncc(OCC4CC4)c3)nnc12. The summed E-state index contributed by atoms with van der Waals surface area (Å²) in [4.78, 5) is 8.98. The van der Waals surface area contributed by atoms with E-state index in [1.54, 1.807) is 12.4 Å². The second-order valence-corrected chi connectivity index (χ2v) is 7.59. The van der Waals surface area contributed by atoms with Crippen molar-refractivity contribution in [3.05, 3.63) is 46.8 Å². The Balaban J connectivity index is 1.68. The third-order valence-corrected chi connectivity index (χ3v) is 5.10. The molecule has 0 spiro atoms. The van der Waals surface area contributed by atoms with Gasteiger partial charge in [-0.1, -0.05) is 15.9 Å². The smallest absolute Gasteiger partial charge is 0.183 e. The molecular weight excluding hydrogens is 394 g/mol. The average molecular weight is 410 g/mol. The van der Waals surface area contributed by atoms with Crippen molar-refractivity contribution in [2.45, 2.75) is 19.8 Å². The number of aromatic nitrogens is 5. The zero-order valence-corrected chi connectivity index (χ0v) is 15.8. The molecule has 0 atom stereocenters. The fourth-order valence-electron chi connectivity index (χ4n) is 3.05. The molecule has 1 aliphatic rings. The minimum Gasteiger partial charge on any atom is -0.492 e. The molecule has 1 saturated carbocycles. The van der Waals surface area contributed by atoms with Gasteiger partial charge in [0.15, 0.2) is 11.5 Å². The summed E-state index contributed by atoms with van der Waals surface area (Å²) in [5.74, 6) is 2.20. The second kappa shape index (κ2) is 6.02. The maximum Gasteiger partial charge on any atom is 0.183 e. The van der Waals surface area contributed by atoms with E-state index in [1.807, 2.05) is 35.6 Å². The highest BCUT2D eigenvalue weighted by molar-refractivity contribution is 9.10. The van der Waals surface area contributed by atoms with Crippen LogP contribution in [0.5, 0.6) is 5.75 Å². The van der Waals surface area contributed by atoms with Crippen LogP contribution in [0.4, 0.5) is 0 Å². The molecule has 1 fully saturated rings. The molecule has 7 heteroatoms. The zero-order valence-electron chi connectivity index (χ0n) is 14.2. The Bertz CT molecular complexity index is 1140. The van der Waals surface area contributed by atoms with Gasteiger partial charge in [-0.05, 0) is 49.9 Å². The van der Waals surface area contributed by atoms with Gasteiger partial charge in [-0.15, -0.1) is 10.2 Å². The summed E-state index contributed by atoms with van der Waals surface area (Å²) < 4.78 is 8.89. The van der Waals surface area contributed by atoms with Crippen LogP contribution in [0.15, 0.2) is 41.1 Å². The molecule has 0 bridgehead atoms. The number of ether oxygens (including phenoxy) is 1. The molecule has 5 rings (SSSR count). The Morgan fingerprint density at radius 3 is 2.92 bits per heavy atom. The Morgan fingerprint density at radius 1 is 1.19 bits per heavy atom. The number of hydrogen-bond acceptors (Lipinski definition) is 5. The van der Waals surface area contributed by atoms with E-state index >= 15 is 0 Å². The Kier molecular flexibility index (Phi) is 3.63. The summed E-state index contributed by atoms with van der Waals surface area (Å²) in [6.45, 7) is 2.70. The molecule has 26 heavy (non-hydrogen) atoms. The maximum atomic E-state index is 5.87. The highest BCUT2D eigenvalue weighted by atomic mass is 79.9. The lowest BCUT2D eigenvalue weighted by atomic mass is 10.2. The average Bonchev–Trinajstić information content (AvgIpc) is 3.37. The summed E-state index contributed by atoms with van der Waals surface area (Å²) in [5, 5.41) is 8.77. The number of fused-ring (bicyclic) bond motifs is 3. The van der Waals surface area contributed by atoms with E-state index in [4.69, 9.17) is 4.74 Å². The lowest BCUT2D eigenvalue weighted by Gasteiger charge is -2.08. The molecule has 0 aliphatic heterocycles. The monoisotopic (exact) mass is 409 g/mol. The van der Waals surface area contributed by atoms with Crippen LogP contribution in [0, 0.1) is 12.8 Å². The van der Waals surface area contributed by atoms with Crippen LogP contribution >= 0.6 is 15.9 Å². The lowest BCUT2D eigenvalue weighted by Crippen LogP contribution is -2.00. The summed E-state index contributed by atoms with van der Waals surface area (Å²) in [7, 11) is 0. The van der Waals surface area contributed by atoms with Crippen molar-refractivity contribution in [3.63, 3.8) is 0 Å². The van der Waals surface area contributed by atoms with Crippen LogP contribution in [-0.2, 0) is 0 Å². The Morgan fingerprint density at radius 2 is 2.08 bits per heavy atom. The van der Waals surface area contributed by atoms with E-state index in [1.165, 1.54) is 12.8 Å². The van der Waals surface area contributed by atoms with Crippen molar-refractivity contribution in [3.8, 4) is 17.1 Å². The molecule has 6 nitrogen and oxygen atoms in total. The first-order valence-corrected chi connectivity index (χ1v) is 9.37. The van der Waals surface area contributed by atoms with Gasteiger partial charge >= 0.3 is 0 Å². The first-order valence-electron chi connectivity index (χ1n) is 8.58. The summed E-state index contributed by atoms with van der Waals surface area (Å²) in [6.07, 6.45) is 6.06. The predicted molar refractivity (Wildman–Crippen MR) is 102 cm³/mol.